The number of rotatable bonds is 3. The maximum absolute atomic E-state index is 13.2. The van der Waals surface area contributed by atoms with Crippen LogP contribution < -0.4 is 4.74 Å². The van der Waals surface area contributed by atoms with E-state index in [-0.39, 0.29) is 17.2 Å². The number of hydrogen-bond acceptors (Lipinski definition) is 1. The normalized spacial score (nSPS) is 11.9. The van der Waals surface area contributed by atoms with Crippen LogP contribution >= 0.6 is 0 Å². The lowest BCUT2D eigenvalue weighted by Gasteiger charge is -2.11. The van der Waals surface area contributed by atoms with Crippen molar-refractivity contribution in [1.82, 2.24) is 0 Å². The van der Waals surface area contributed by atoms with Crippen LogP contribution in [-0.2, 0) is 6.42 Å². The molecule has 0 fully saturated rings. The van der Waals surface area contributed by atoms with Gasteiger partial charge in [0.1, 0.15) is 11.6 Å². The van der Waals surface area contributed by atoms with Crippen molar-refractivity contribution in [3.63, 3.8) is 0 Å². The predicted molar refractivity (Wildman–Crippen MR) is 51.6 cm³/mol. The van der Waals surface area contributed by atoms with Crippen molar-refractivity contribution < 1.29 is 22.3 Å². The molecule has 1 aromatic carbocycles. The average Bonchev–Trinajstić information content (AvgIpc) is 2.07. The van der Waals surface area contributed by atoms with Gasteiger partial charge in [0.2, 0.25) is 0 Å². The highest BCUT2D eigenvalue weighted by Crippen LogP contribution is 2.25. The lowest BCUT2D eigenvalue weighted by Crippen LogP contribution is -2.17. The van der Waals surface area contributed by atoms with Crippen LogP contribution in [0.15, 0.2) is 18.2 Å². The molecule has 0 atom stereocenters. The van der Waals surface area contributed by atoms with Crippen molar-refractivity contribution in [3.8, 4) is 5.75 Å². The largest absolute Gasteiger partial charge is 0.573 e. The molecule has 0 bridgehead atoms. The van der Waals surface area contributed by atoms with Gasteiger partial charge in [-0.1, -0.05) is 13.8 Å². The number of benzene rings is 1. The second kappa shape index (κ2) is 4.72. The van der Waals surface area contributed by atoms with Crippen molar-refractivity contribution in [2.75, 3.05) is 0 Å². The smallest absolute Gasteiger partial charge is 0.406 e. The molecular weight excluding hydrogens is 224 g/mol. The van der Waals surface area contributed by atoms with E-state index in [4.69, 9.17) is 0 Å². The third-order valence-corrected chi connectivity index (χ3v) is 1.88. The van der Waals surface area contributed by atoms with Gasteiger partial charge in [0.05, 0.1) is 0 Å². The molecule has 0 N–H and O–H groups in total. The number of ether oxygens (including phenoxy) is 1. The van der Waals surface area contributed by atoms with E-state index in [1.807, 2.05) is 13.8 Å². The fourth-order valence-corrected chi connectivity index (χ4v) is 1.34. The average molecular weight is 236 g/mol. The first-order valence-corrected chi connectivity index (χ1v) is 4.82. The summed E-state index contributed by atoms with van der Waals surface area (Å²) in [5, 5.41) is 0. The Labute approximate surface area is 91.0 Å². The first-order valence-electron chi connectivity index (χ1n) is 4.82. The van der Waals surface area contributed by atoms with Gasteiger partial charge >= 0.3 is 6.36 Å². The molecule has 0 amide bonds. The van der Waals surface area contributed by atoms with Crippen LogP contribution in [0.2, 0.25) is 0 Å². The van der Waals surface area contributed by atoms with Gasteiger partial charge in [-0.15, -0.1) is 13.2 Å². The van der Waals surface area contributed by atoms with Crippen LogP contribution in [0.4, 0.5) is 17.6 Å². The molecule has 0 spiro atoms. The summed E-state index contributed by atoms with van der Waals surface area (Å²) in [7, 11) is 0. The Balaban J connectivity index is 2.89. The Kier molecular flexibility index (Phi) is 3.78. The van der Waals surface area contributed by atoms with Gasteiger partial charge in [-0.05, 0) is 36.1 Å². The molecule has 5 heteroatoms. The SMILES string of the molecule is CC(C)Cc1cc(OC(F)(F)F)ccc1F. The van der Waals surface area contributed by atoms with Gasteiger partial charge in [-0.25, -0.2) is 4.39 Å². The maximum Gasteiger partial charge on any atom is 0.573 e. The fourth-order valence-electron chi connectivity index (χ4n) is 1.34. The summed E-state index contributed by atoms with van der Waals surface area (Å²) in [5.74, 6) is -0.733. The second-order valence-corrected chi connectivity index (χ2v) is 3.90. The molecule has 0 aromatic heterocycles. The zero-order valence-electron chi connectivity index (χ0n) is 8.94. The summed E-state index contributed by atoms with van der Waals surface area (Å²) in [6.45, 7) is 3.72. The van der Waals surface area contributed by atoms with Crippen molar-refractivity contribution in [2.45, 2.75) is 26.6 Å². The highest BCUT2D eigenvalue weighted by molar-refractivity contribution is 5.30. The highest BCUT2D eigenvalue weighted by Gasteiger charge is 2.31. The van der Waals surface area contributed by atoms with Crippen LogP contribution in [0.3, 0.4) is 0 Å². The minimum atomic E-state index is -4.74. The van der Waals surface area contributed by atoms with E-state index in [0.717, 1.165) is 18.2 Å². The van der Waals surface area contributed by atoms with Crippen molar-refractivity contribution in [3.05, 3.63) is 29.6 Å². The summed E-state index contributed by atoms with van der Waals surface area (Å²) in [6, 6.07) is 3.04. The van der Waals surface area contributed by atoms with Crippen LogP contribution in [0.1, 0.15) is 19.4 Å². The Hall–Kier alpha value is -1.26. The van der Waals surface area contributed by atoms with Crippen LogP contribution in [0.25, 0.3) is 0 Å². The summed E-state index contributed by atoms with van der Waals surface area (Å²) in [6.07, 6.45) is -4.37. The third-order valence-electron chi connectivity index (χ3n) is 1.88. The van der Waals surface area contributed by atoms with E-state index in [9.17, 15) is 17.6 Å². The van der Waals surface area contributed by atoms with Crippen LogP contribution in [0.5, 0.6) is 5.75 Å². The molecule has 0 aliphatic heterocycles. The summed E-state index contributed by atoms with van der Waals surface area (Å²) < 4.78 is 52.7. The molecule has 0 unspecified atom stereocenters. The van der Waals surface area contributed by atoms with E-state index in [1.54, 1.807) is 0 Å². The molecule has 0 aliphatic carbocycles. The van der Waals surface area contributed by atoms with Crippen molar-refractivity contribution in [2.24, 2.45) is 5.92 Å². The van der Waals surface area contributed by atoms with Gasteiger partial charge in [0.25, 0.3) is 0 Å². The molecule has 1 aromatic rings. The Morgan fingerprint density at radius 3 is 2.38 bits per heavy atom. The molecule has 1 nitrogen and oxygen atoms in total. The van der Waals surface area contributed by atoms with Gasteiger partial charge in [0, 0.05) is 0 Å². The zero-order valence-corrected chi connectivity index (χ0v) is 8.94. The first-order chi connectivity index (χ1) is 7.28. The van der Waals surface area contributed by atoms with Crippen molar-refractivity contribution >= 4 is 0 Å². The second-order valence-electron chi connectivity index (χ2n) is 3.90. The summed E-state index contributed by atoms with van der Waals surface area (Å²) in [4.78, 5) is 0. The standard InChI is InChI=1S/C11H12F4O/c1-7(2)5-8-6-9(3-4-10(8)12)16-11(13,14)15/h3-4,6-7H,5H2,1-2H3. The molecule has 0 aliphatic rings. The number of alkyl halides is 3. The van der Waals surface area contributed by atoms with Gasteiger partial charge < -0.3 is 4.74 Å². The Bertz CT molecular complexity index is 357. The first kappa shape index (κ1) is 12.8. The minimum Gasteiger partial charge on any atom is -0.406 e. The van der Waals surface area contributed by atoms with E-state index in [1.165, 1.54) is 0 Å². The third kappa shape index (κ3) is 4.08. The highest BCUT2D eigenvalue weighted by atomic mass is 19.4. The molecule has 0 saturated carbocycles. The molecule has 0 heterocycles. The van der Waals surface area contributed by atoms with Crippen LogP contribution in [0, 0.1) is 11.7 Å². The monoisotopic (exact) mass is 236 g/mol. The molecule has 0 saturated heterocycles. The zero-order chi connectivity index (χ0) is 12.3. The maximum atomic E-state index is 13.2. The molecular formula is C11H12F4O. The number of hydrogen-bond donors (Lipinski definition) is 0. The van der Waals surface area contributed by atoms with E-state index < -0.39 is 12.2 Å². The van der Waals surface area contributed by atoms with Crippen LogP contribution in [-0.4, -0.2) is 6.36 Å². The van der Waals surface area contributed by atoms with Gasteiger partial charge in [-0.2, -0.15) is 0 Å². The predicted octanol–water partition coefficient (Wildman–Crippen LogP) is 3.92. The van der Waals surface area contributed by atoms with E-state index >= 15 is 0 Å². The van der Waals surface area contributed by atoms with Gasteiger partial charge in [0.15, 0.2) is 0 Å². The Morgan fingerprint density at radius 2 is 1.88 bits per heavy atom. The molecule has 0 radical (unpaired) electrons. The molecule has 16 heavy (non-hydrogen) atoms. The van der Waals surface area contributed by atoms with E-state index in [2.05, 4.69) is 4.74 Å². The number of halogens is 4. The lowest BCUT2D eigenvalue weighted by molar-refractivity contribution is -0.274. The minimum absolute atomic E-state index is 0.163. The summed E-state index contributed by atoms with van der Waals surface area (Å²) >= 11 is 0. The summed E-state index contributed by atoms with van der Waals surface area (Å²) in [5.41, 5.74) is 0.233. The topological polar surface area (TPSA) is 9.23 Å². The molecule has 1 rings (SSSR count). The fraction of sp³-hybridized carbons (Fsp3) is 0.455. The Morgan fingerprint density at radius 1 is 1.25 bits per heavy atom. The quantitative estimate of drug-likeness (QED) is 0.722. The van der Waals surface area contributed by atoms with Crippen molar-refractivity contribution in [1.29, 1.82) is 0 Å². The van der Waals surface area contributed by atoms with Gasteiger partial charge in [-0.3, -0.25) is 0 Å². The van der Waals surface area contributed by atoms with E-state index in [0.29, 0.717) is 6.42 Å². The lowest BCUT2D eigenvalue weighted by atomic mass is 10.0. The molecule has 90 valence electrons.